The highest BCUT2D eigenvalue weighted by atomic mass is 35.5. The Hall–Kier alpha value is -2.66. The molecule has 2 aromatic carbocycles. The van der Waals surface area contributed by atoms with Gasteiger partial charge in [0.2, 0.25) is 0 Å². The molecule has 1 unspecified atom stereocenters. The van der Waals surface area contributed by atoms with Gasteiger partial charge in [0.25, 0.3) is 5.91 Å². The van der Waals surface area contributed by atoms with Crippen LogP contribution in [0, 0.1) is 5.92 Å². The van der Waals surface area contributed by atoms with Crippen LogP contribution in [0.5, 0.6) is 0 Å². The van der Waals surface area contributed by atoms with Crippen LogP contribution in [-0.2, 0) is 9.59 Å². The fraction of sp³-hybridized carbons (Fsp3) is 0.318. The summed E-state index contributed by atoms with van der Waals surface area (Å²) in [5, 5.41) is 9.69. The standard InChI is InChI=1S/C22H23ClN2O3/c1-3-14(2)20-22(28)25(12-11-19(26)27)18-10-9-16(23)13-17(18)21(24-20)15-7-5-4-6-8-15/h4-10,13-14,20H,3,11-12H2,1-2H3,(H,26,27)/t14?,20-/m0/s1. The average molecular weight is 399 g/mol. The van der Waals surface area contributed by atoms with Gasteiger partial charge < -0.3 is 10.0 Å². The van der Waals surface area contributed by atoms with Crippen LogP contribution in [-0.4, -0.2) is 35.3 Å². The minimum absolute atomic E-state index is 0.0170. The summed E-state index contributed by atoms with van der Waals surface area (Å²) in [6.07, 6.45) is 0.646. The summed E-state index contributed by atoms with van der Waals surface area (Å²) >= 11 is 6.27. The Morgan fingerprint density at radius 3 is 2.61 bits per heavy atom. The third kappa shape index (κ3) is 4.09. The molecule has 1 amide bonds. The number of hydrogen-bond donors (Lipinski definition) is 1. The summed E-state index contributed by atoms with van der Waals surface area (Å²) in [5.41, 5.74) is 2.98. The van der Waals surface area contributed by atoms with Crippen molar-refractivity contribution in [2.45, 2.75) is 32.7 Å². The second-order valence-electron chi connectivity index (χ2n) is 6.97. The van der Waals surface area contributed by atoms with E-state index in [2.05, 4.69) is 0 Å². The highest BCUT2D eigenvalue weighted by Crippen LogP contribution is 2.33. The first kappa shape index (κ1) is 20.1. The number of amides is 1. The number of fused-ring (bicyclic) bond motifs is 1. The topological polar surface area (TPSA) is 70.0 Å². The van der Waals surface area contributed by atoms with Gasteiger partial charge in [0.15, 0.2) is 0 Å². The van der Waals surface area contributed by atoms with Crippen LogP contribution in [0.25, 0.3) is 0 Å². The van der Waals surface area contributed by atoms with Gasteiger partial charge in [0.1, 0.15) is 6.04 Å². The summed E-state index contributed by atoms with van der Waals surface area (Å²) in [7, 11) is 0. The summed E-state index contributed by atoms with van der Waals surface area (Å²) in [6, 6.07) is 14.4. The molecule has 28 heavy (non-hydrogen) atoms. The number of hydrogen-bond acceptors (Lipinski definition) is 3. The van der Waals surface area contributed by atoms with Crippen molar-refractivity contribution in [3.63, 3.8) is 0 Å². The van der Waals surface area contributed by atoms with Gasteiger partial charge in [0.05, 0.1) is 17.8 Å². The lowest BCUT2D eigenvalue weighted by Gasteiger charge is -2.26. The summed E-state index contributed by atoms with van der Waals surface area (Å²) < 4.78 is 0. The third-order valence-corrected chi connectivity index (χ3v) is 5.31. The number of aliphatic imine (C=N–C) groups is 1. The van der Waals surface area contributed by atoms with Crippen LogP contribution in [0.1, 0.15) is 37.8 Å². The second-order valence-corrected chi connectivity index (χ2v) is 7.41. The molecule has 1 N–H and O–H groups in total. The molecular weight excluding hydrogens is 376 g/mol. The number of carbonyl (C=O) groups is 2. The maximum Gasteiger partial charge on any atom is 0.305 e. The van der Waals surface area contributed by atoms with E-state index in [1.165, 1.54) is 0 Å². The van der Waals surface area contributed by atoms with Crippen molar-refractivity contribution in [1.82, 2.24) is 0 Å². The van der Waals surface area contributed by atoms with Gasteiger partial charge in [-0.1, -0.05) is 62.2 Å². The number of carboxylic acid groups (broad SMARTS) is 1. The van der Waals surface area contributed by atoms with E-state index in [0.717, 1.165) is 17.5 Å². The first-order valence-electron chi connectivity index (χ1n) is 9.38. The van der Waals surface area contributed by atoms with E-state index in [-0.39, 0.29) is 24.8 Å². The Balaban J connectivity index is 2.22. The predicted octanol–water partition coefficient (Wildman–Crippen LogP) is 4.41. The number of carbonyl (C=O) groups excluding carboxylic acids is 1. The minimum Gasteiger partial charge on any atom is -0.481 e. The number of aliphatic carboxylic acids is 1. The molecule has 0 fully saturated rings. The number of benzene rings is 2. The molecule has 0 aromatic heterocycles. The normalized spacial score (nSPS) is 17.5. The van der Waals surface area contributed by atoms with Crippen LogP contribution in [0.3, 0.4) is 0 Å². The number of anilines is 1. The zero-order valence-electron chi connectivity index (χ0n) is 15.9. The van der Waals surface area contributed by atoms with Crippen molar-refractivity contribution in [3.8, 4) is 0 Å². The van der Waals surface area contributed by atoms with Crippen molar-refractivity contribution in [1.29, 1.82) is 0 Å². The summed E-state index contributed by atoms with van der Waals surface area (Å²) in [6.45, 7) is 4.10. The highest BCUT2D eigenvalue weighted by Gasteiger charge is 2.34. The predicted molar refractivity (Wildman–Crippen MR) is 111 cm³/mol. The molecule has 5 nitrogen and oxygen atoms in total. The summed E-state index contributed by atoms with van der Waals surface area (Å²) in [5.74, 6) is -1.11. The van der Waals surface area contributed by atoms with Crippen LogP contribution < -0.4 is 4.90 Å². The molecule has 146 valence electrons. The molecular formula is C22H23ClN2O3. The molecule has 1 aliphatic heterocycles. The molecule has 1 aliphatic rings. The molecule has 0 saturated heterocycles. The van der Waals surface area contributed by atoms with E-state index >= 15 is 0 Å². The smallest absolute Gasteiger partial charge is 0.305 e. The monoisotopic (exact) mass is 398 g/mol. The van der Waals surface area contributed by atoms with Crippen LogP contribution >= 0.6 is 11.6 Å². The van der Waals surface area contributed by atoms with E-state index in [1.807, 2.05) is 44.2 Å². The number of benzodiazepines with no additional fused rings is 1. The maximum atomic E-state index is 13.4. The van der Waals surface area contributed by atoms with Crippen LogP contribution in [0.15, 0.2) is 53.5 Å². The molecule has 2 atom stereocenters. The lowest BCUT2D eigenvalue weighted by atomic mass is 9.98. The van der Waals surface area contributed by atoms with Gasteiger partial charge in [-0.05, 0) is 24.1 Å². The van der Waals surface area contributed by atoms with Crippen LogP contribution in [0.2, 0.25) is 5.02 Å². The first-order valence-corrected chi connectivity index (χ1v) is 9.76. The fourth-order valence-corrected chi connectivity index (χ4v) is 3.51. The molecule has 0 aliphatic carbocycles. The van der Waals surface area contributed by atoms with Gasteiger partial charge >= 0.3 is 5.97 Å². The quantitative estimate of drug-likeness (QED) is 0.783. The molecule has 0 bridgehead atoms. The zero-order valence-corrected chi connectivity index (χ0v) is 16.7. The molecule has 6 heteroatoms. The average Bonchev–Trinajstić information content (AvgIpc) is 2.80. The van der Waals surface area contributed by atoms with Crippen molar-refractivity contribution in [3.05, 3.63) is 64.7 Å². The lowest BCUT2D eigenvalue weighted by Crippen LogP contribution is -2.41. The molecule has 2 aromatic rings. The molecule has 3 rings (SSSR count). The molecule has 1 heterocycles. The Morgan fingerprint density at radius 1 is 1.25 bits per heavy atom. The first-order chi connectivity index (χ1) is 13.4. The number of rotatable bonds is 6. The van der Waals surface area contributed by atoms with E-state index in [9.17, 15) is 9.59 Å². The van der Waals surface area contributed by atoms with Crippen molar-refractivity contribution < 1.29 is 14.7 Å². The SMILES string of the molecule is CCC(C)[C@@H]1N=C(c2ccccc2)c2cc(Cl)ccc2N(CCC(=O)O)C1=O. The molecule has 0 radical (unpaired) electrons. The van der Waals surface area contributed by atoms with Crippen molar-refractivity contribution in [2.75, 3.05) is 11.4 Å². The van der Waals surface area contributed by atoms with Gasteiger partial charge in [-0.2, -0.15) is 0 Å². The zero-order chi connectivity index (χ0) is 20.3. The fourth-order valence-electron chi connectivity index (χ4n) is 3.33. The Labute approximate surface area is 169 Å². The maximum absolute atomic E-state index is 13.4. The van der Waals surface area contributed by atoms with E-state index in [1.54, 1.807) is 23.1 Å². The van der Waals surface area contributed by atoms with Crippen molar-refractivity contribution in [2.24, 2.45) is 10.9 Å². The van der Waals surface area contributed by atoms with Gasteiger partial charge in [-0.15, -0.1) is 0 Å². The van der Waals surface area contributed by atoms with Gasteiger partial charge in [-0.25, -0.2) is 0 Å². The van der Waals surface area contributed by atoms with Gasteiger partial charge in [0, 0.05) is 22.7 Å². The van der Waals surface area contributed by atoms with Crippen molar-refractivity contribution >= 4 is 34.9 Å². The second kappa shape index (κ2) is 8.57. The van der Waals surface area contributed by atoms with E-state index in [4.69, 9.17) is 21.7 Å². The van der Waals surface area contributed by atoms with Crippen LogP contribution in [0.4, 0.5) is 5.69 Å². The Kier molecular flexibility index (Phi) is 6.15. The summed E-state index contributed by atoms with van der Waals surface area (Å²) in [4.78, 5) is 31.0. The van der Waals surface area contributed by atoms with Gasteiger partial charge in [-0.3, -0.25) is 14.6 Å². The number of carboxylic acids is 1. The lowest BCUT2D eigenvalue weighted by molar-refractivity contribution is -0.136. The van der Waals surface area contributed by atoms with E-state index < -0.39 is 12.0 Å². The number of halogens is 1. The third-order valence-electron chi connectivity index (χ3n) is 5.07. The minimum atomic E-state index is -0.947. The highest BCUT2D eigenvalue weighted by molar-refractivity contribution is 6.32. The Bertz CT molecular complexity index is 911. The largest absolute Gasteiger partial charge is 0.481 e. The van der Waals surface area contributed by atoms with E-state index in [0.29, 0.717) is 16.4 Å². The molecule has 0 saturated carbocycles. The Morgan fingerprint density at radius 2 is 1.96 bits per heavy atom. The molecule has 0 spiro atoms. The number of nitrogens with zero attached hydrogens (tertiary/aromatic N) is 2.